The van der Waals surface area contributed by atoms with Crippen LogP contribution < -0.4 is 0 Å². The number of rotatable bonds is 3. The largest absolute Gasteiger partial charge is 0.453 e. The van der Waals surface area contributed by atoms with Crippen molar-refractivity contribution in [2.75, 3.05) is 0 Å². The summed E-state index contributed by atoms with van der Waals surface area (Å²) < 4.78 is 11.8. The van der Waals surface area contributed by atoms with Crippen LogP contribution >= 0.6 is 11.3 Å². The Morgan fingerprint density at radius 1 is 0.531 bits per heavy atom. The van der Waals surface area contributed by atoms with Crippen molar-refractivity contribution in [3.63, 3.8) is 0 Å². The second-order valence-corrected chi connectivity index (χ2v) is 13.6. The summed E-state index contributed by atoms with van der Waals surface area (Å²) in [6, 6.07) is 53.4. The molecule has 4 aromatic heterocycles. The van der Waals surface area contributed by atoms with Gasteiger partial charge in [0, 0.05) is 37.2 Å². The average Bonchev–Trinajstić information content (AvgIpc) is 3.85. The monoisotopic (exact) mass is 643 g/mol. The third-order valence-electron chi connectivity index (χ3n) is 9.80. The lowest BCUT2D eigenvalue weighted by Crippen LogP contribution is -1.94. The molecule has 11 aromatic rings. The van der Waals surface area contributed by atoms with E-state index in [0.29, 0.717) is 5.82 Å². The topological polar surface area (TPSA) is 43.9 Å². The molecule has 4 nitrogen and oxygen atoms in total. The molecule has 0 fully saturated rings. The van der Waals surface area contributed by atoms with Crippen LogP contribution in [0, 0.1) is 0 Å². The summed E-state index contributed by atoms with van der Waals surface area (Å²) in [5.74, 6) is 0.656. The molecule has 0 aliphatic carbocycles. The summed E-state index contributed by atoms with van der Waals surface area (Å²) in [5.41, 5.74) is 8.78. The zero-order valence-electron chi connectivity index (χ0n) is 26.1. The van der Waals surface area contributed by atoms with Gasteiger partial charge in [0.1, 0.15) is 5.58 Å². The fourth-order valence-corrected chi connectivity index (χ4v) is 8.81. The van der Waals surface area contributed by atoms with Gasteiger partial charge in [-0.25, -0.2) is 9.97 Å². The van der Waals surface area contributed by atoms with E-state index in [1.54, 1.807) is 11.3 Å². The number of para-hydroxylation sites is 3. The zero-order valence-corrected chi connectivity index (χ0v) is 26.9. The van der Waals surface area contributed by atoms with E-state index >= 15 is 0 Å². The van der Waals surface area contributed by atoms with E-state index in [4.69, 9.17) is 14.4 Å². The maximum absolute atomic E-state index is 7.13. The summed E-state index contributed by atoms with van der Waals surface area (Å²) in [4.78, 5) is 10.7. The molecule has 4 heterocycles. The Hall–Kier alpha value is -6.30. The molecular formula is C44H25N3OS. The van der Waals surface area contributed by atoms with Gasteiger partial charge in [0.25, 0.3) is 0 Å². The van der Waals surface area contributed by atoms with Crippen molar-refractivity contribution in [2.45, 2.75) is 0 Å². The highest BCUT2D eigenvalue weighted by Crippen LogP contribution is 2.45. The van der Waals surface area contributed by atoms with Crippen LogP contribution in [0.15, 0.2) is 156 Å². The second-order valence-electron chi connectivity index (χ2n) is 12.5. The van der Waals surface area contributed by atoms with E-state index in [1.165, 1.54) is 15.5 Å². The lowest BCUT2D eigenvalue weighted by molar-refractivity contribution is 0.667. The predicted molar refractivity (Wildman–Crippen MR) is 205 cm³/mol. The molecule has 0 unspecified atom stereocenters. The summed E-state index contributed by atoms with van der Waals surface area (Å²) in [7, 11) is 0. The second kappa shape index (κ2) is 10.1. The van der Waals surface area contributed by atoms with Gasteiger partial charge in [-0.2, -0.15) is 0 Å². The predicted octanol–water partition coefficient (Wildman–Crippen LogP) is 12.3. The number of benzene rings is 7. The molecule has 11 rings (SSSR count). The van der Waals surface area contributed by atoms with Gasteiger partial charge in [-0.1, -0.05) is 121 Å². The van der Waals surface area contributed by atoms with Crippen molar-refractivity contribution in [1.82, 2.24) is 14.5 Å². The van der Waals surface area contributed by atoms with E-state index in [0.717, 1.165) is 81.9 Å². The summed E-state index contributed by atoms with van der Waals surface area (Å²) in [5, 5.41) is 7.98. The Bertz CT molecular complexity index is 3060. The molecule has 0 aliphatic rings. The van der Waals surface area contributed by atoms with Crippen LogP contribution in [0.25, 0.3) is 103 Å². The highest BCUT2D eigenvalue weighted by Gasteiger charge is 2.23. The van der Waals surface area contributed by atoms with Crippen LogP contribution in [-0.4, -0.2) is 14.5 Å². The zero-order chi connectivity index (χ0) is 32.1. The van der Waals surface area contributed by atoms with Gasteiger partial charge in [-0.3, -0.25) is 0 Å². The van der Waals surface area contributed by atoms with Gasteiger partial charge in [0.2, 0.25) is 0 Å². The van der Waals surface area contributed by atoms with E-state index in [2.05, 4.69) is 150 Å². The van der Waals surface area contributed by atoms with Crippen molar-refractivity contribution in [1.29, 1.82) is 0 Å². The number of furan rings is 1. The van der Waals surface area contributed by atoms with Crippen LogP contribution in [0.4, 0.5) is 0 Å². The van der Waals surface area contributed by atoms with Crippen LogP contribution in [-0.2, 0) is 0 Å². The Morgan fingerprint density at radius 3 is 1.98 bits per heavy atom. The number of aromatic nitrogens is 3. The minimum Gasteiger partial charge on any atom is -0.453 e. The summed E-state index contributed by atoms with van der Waals surface area (Å²) >= 11 is 1.75. The Balaban J connectivity index is 1.28. The van der Waals surface area contributed by atoms with Gasteiger partial charge in [-0.15, -0.1) is 11.3 Å². The Labute approximate surface area is 284 Å². The van der Waals surface area contributed by atoms with Gasteiger partial charge in [-0.05, 0) is 41.1 Å². The normalized spacial score (nSPS) is 12.1. The van der Waals surface area contributed by atoms with Gasteiger partial charge < -0.3 is 8.98 Å². The van der Waals surface area contributed by atoms with Gasteiger partial charge >= 0.3 is 0 Å². The van der Waals surface area contributed by atoms with Crippen LogP contribution in [0.1, 0.15) is 0 Å². The van der Waals surface area contributed by atoms with Crippen molar-refractivity contribution in [2.24, 2.45) is 0 Å². The molecule has 0 aliphatic heterocycles. The molecule has 7 aromatic carbocycles. The molecular weight excluding hydrogens is 619 g/mol. The summed E-state index contributed by atoms with van der Waals surface area (Å²) in [6.07, 6.45) is 0. The average molecular weight is 644 g/mol. The number of hydrogen-bond donors (Lipinski definition) is 0. The Kier molecular flexibility index (Phi) is 5.51. The fourth-order valence-electron chi connectivity index (χ4n) is 7.66. The van der Waals surface area contributed by atoms with Crippen LogP contribution in [0.2, 0.25) is 0 Å². The third kappa shape index (κ3) is 3.79. The number of fused-ring (bicyclic) bond motifs is 11. The van der Waals surface area contributed by atoms with Crippen molar-refractivity contribution >= 4 is 86.2 Å². The van der Waals surface area contributed by atoms with E-state index in [1.807, 2.05) is 6.07 Å². The molecule has 0 amide bonds. The SMILES string of the molecule is c1ccc(-c2nc(-c3cc4ccccc4c4c3oc3c(-n5c6ccccc6c6ccccc65)cccc34)nc3c2sc2ccccc23)cc1. The van der Waals surface area contributed by atoms with Gasteiger partial charge in [0.05, 0.1) is 38.2 Å². The van der Waals surface area contributed by atoms with E-state index in [9.17, 15) is 0 Å². The van der Waals surface area contributed by atoms with E-state index < -0.39 is 0 Å². The first-order chi connectivity index (χ1) is 24.3. The highest BCUT2D eigenvalue weighted by molar-refractivity contribution is 7.26. The number of thiophene rings is 1. The highest BCUT2D eigenvalue weighted by atomic mass is 32.1. The smallest absolute Gasteiger partial charge is 0.164 e. The number of hydrogen-bond acceptors (Lipinski definition) is 4. The molecule has 0 atom stereocenters. The molecule has 0 spiro atoms. The number of nitrogens with zero attached hydrogens (tertiary/aromatic N) is 3. The molecule has 0 saturated heterocycles. The van der Waals surface area contributed by atoms with Crippen molar-refractivity contribution < 1.29 is 4.42 Å². The molecule has 0 N–H and O–H groups in total. The minimum atomic E-state index is 0.656. The van der Waals surface area contributed by atoms with Gasteiger partial charge in [0.15, 0.2) is 11.4 Å². The van der Waals surface area contributed by atoms with Crippen LogP contribution in [0.3, 0.4) is 0 Å². The fraction of sp³-hybridized carbons (Fsp3) is 0. The lowest BCUT2D eigenvalue weighted by Gasteiger charge is -2.09. The molecule has 228 valence electrons. The first-order valence-corrected chi connectivity index (χ1v) is 17.2. The molecule has 0 bridgehead atoms. The standard InChI is InChI=1S/C44H25N3OS/c1-2-13-26(14-3-1)39-43-40(31-19-8-11-24-37(31)49-43)46-44(45-39)33-25-27-15-4-5-16-28(27)38-32-20-12-23-36(41(32)48-42(33)38)47-34-21-9-6-17-29(34)30-18-7-10-22-35(30)47/h1-25H. The van der Waals surface area contributed by atoms with Crippen molar-refractivity contribution in [3.8, 4) is 28.3 Å². The van der Waals surface area contributed by atoms with E-state index in [-0.39, 0.29) is 0 Å². The molecule has 5 heteroatoms. The quantitative estimate of drug-likeness (QED) is 0.192. The molecule has 0 radical (unpaired) electrons. The lowest BCUT2D eigenvalue weighted by atomic mass is 9.99. The molecule has 49 heavy (non-hydrogen) atoms. The van der Waals surface area contributed by atoms with Crippen LogP contribution in [0.5, 0.6) is 0 Å². The molecule has 0 saturated carbocycles. The first kappa shape index (κ1) is 26.7. The maximum Gasteiger partial charge on any atom is 0.164 e. The third-order valence-corrected chi connectivity index (χ3v) is 11.0. The first-order valence-electron chi connectivity index (χ1n) is 16.4. The summed E-state index contributed by atoms with van der Waals surface area (Å²) in [6.45, 7) is 0. The maximum atomic E-state index is 7.13. The van der Waals surface area contributed by atoms with Crippen molar-refractivity contribution in [3.05, 3.63) is 152 Å². The Morgan fingerprint density at radius 2 is 1.18 bits per heavy atom. The minimum absolute atomic E-state index is 0.656.